The molecule has 0 fully saturated rings. The van der Waals surface area contributed by atoms with Crippen molar-refractivity contribution in [2.45, 2.75) is 26.3 Å². The Bertz CT molecular complexity index is 611. The maximum atomic E-state index is 13.8. The molecule has 4 heteroatoms. The molecule has 0 heterocycles. The topological polar surface area (TPSA) is 12.0 Å². The smallest absolute Gasteiger partial charge is 0.146 e. The molecule has 0 radical (unpaired) electrons. The van der Waals surface area contributed by atoms with Gasteiger partial charge in [-0.2, -0.15) is 0 Å². The van der Waals surface area contributed by atoms with Crippen molar-refractivity contribution in [1.82, 2.24) is 0 Å². The van der Waals surface area contributed by atoms with Gasteiger partial charge in [0.15, 0.2) is 0 Å². The number of aryl methyl sites for hydroxylation is 1. The van der Waals surface area contributed by atoms with Gasteiger partial charge in [-0.15, -0.1) is 0 Å². The van der Waals surface area contributed by atoms with Crippen LogP contribution in [0.25, 0.3) is 0 Å². The lowest BCUT2D eigenvalue weighted by atomic mass is 10.0. The average molecular weight is 279 g/mol. The Balaban J connectivity index is 2.29. The Morgan fingerprint density at radius 3 is 2.45 bits per heavy atom. The second kappa shape index (κ2) is 5.99. The van der Waals surface area contributed by atoms with Gasteiger partial charge in [0.25, 0.3) is 0 Å². The van der Waals surface area contributed by atoms with Gasteiger partial charge in [0.2, 0.25) is 0 Å². The molecular weight excluding hydrogens is 263 g/mol. The fourth-order valence-electron chi connectivity index (χ4n) is 2.09. The number of rotatable bonds is 4. The molecule has 1 N–H and O–H groups in total. The van der Waals surface area contributed by atoms with E-state index in [4.69, 9.17) is 0 Å². The lowest BCUT2D eigenvalue weighted by molar-refractivity contribution is 0.590. The van der Waals surface area contributed by atoms with E-state index in [0.29, 0.717) is 12.0 Å². The molecule has 1 nitrogen and oxygen atoms in total. The molecule has 0 amide bonds. The van der Waals surface area contributed by atoms with E-state index in [0.717, 1.165) is 12.1 Å². The Kier molecular flexibility index (Phi) is 4.32. The fourth-order valence-corrected chi connectivity index (χ4v) is 2.09. The summed E-state index contributed by atoms with van der Waals surface area (Å²) in [6.07, 6.45) is 0.623. The highest BCUT2D eigenvalue weighted by Gasteiger charge is 2.14. The van der Waals surface area contributed by atoms with Crippen molar-refractivity contribution in [2.24, 2.45) is 0 Å². The van der Waals surface area contributed by atoms with Crippen molar-refractivity contribution >= 4 is 5.69 Å². The first-order valence-corrected chi connectivity index (χ1v) is 6.49. The molecule has 2 rings (SSSR count). The third-order valence-corrected chi connectivity index (χ3v) is 3.24. The number of hydrogen-bond acceptors (Lipinski definition) is 1. The summed E-state index contributed by atoms with van der Waals surface area (Å²) in [4.78, 5) is 0. The minimum atomic E-state index is -0.515. The first kappa shape index (κ1) is 14.4. The lowest BCUT2D eigenvalue weighted by Crippen LogP contribution is -2.11. The second-order valence-electron chi connectivity index (χ2n) is 4.74. The quantitative estimate of drug-likeness (QED) is 0.832. The second-order valence-corrected chi connectivity index (χ2v) is 4.74. The van der Waals surface area contributed by atoms with E-state index in [9.17, 15) is 13.2 Å². The molecule has 0 bridgehead atoms. The molecule has 106 valence electrons. The van der Waals surface area contributed by atoms with Crippen LogP contribution < -0.4 is 5.32 Å². The Morgan fingerprint density at radius 1 is 1.05 bits per heavy atom. The lowest BCUT2D eigenvalue weighted by Gasteiger charge is -2.19. The Hall–Kier alpha value is -1.97. The summed E-state index contributed by atoms with van der Waals surface area (Å²) in [5.41, 5.74) is 1.05. The van der Waals surface area contributed by atoms with Gasteiger partial charge in [0, 0.05) is 6.07 Å². The van der Waals surface area contributed by atoms with Crippen LogP contribution in [0.1, 0.15) is 30.5 Å². The summed E-state index contributed by atoms with van der Waals surface area (Å²) in [6, 6.07) is 8.10. The highest BCUT2D eigenvalue weighted by molar-refractivity contribution is 5.49. The van der Waals surface area contributed by atoms with Crippen molar-refractivity contribution in [1.29, 1.82) is 0 Å². The largest absolute Gasteiger partial charge is 0.376 e. The molecule has 1 atom stereocenters. The number of hydrogen-bond donors (Lipinski definition) is 1. The molecule has 0 aliphatic rings. The third-order valence-electron chi connectivity index (χ3n) is 3.24. The van der Waals surface area contributed by atoms with Gasteiger partial charge < -0.3 is 5.32 Å². The highest BCUT2D eigenvalue weighted by Crippen LogP contribution is 2.26. The summed E-state index contributed by atoms with van der Waals surface area (Å²) in [5.74, 6) is -1.33. The SMILES string of the molecule is CCC(Nc1cc(F)c(C)cc1F)c1cccc(F)c1. The molecule has 0 spiro atoms. The predicted molar refractivity (Wildman–Crippen MR) is 74.1 cm³/mol. The van der Waals surface area contributed by atoms with Gasteiger partial charge >= 0.3 is 0 Å². The molecule has 20 heavy (non-hydrogen) atoms. The van der Waals surface area contributed by atoms with Crippen LogP contribution in [0.15, 0.2) is 36.4 Å². The zero-order valence-electron chi connectivity index (χ0n) is 11.4. The summed E-state index contributed by atoms with van der Waals surface area (Å²) < 4.78 is 40.6. The van der Waals surface area contributed by atoms with Crippen LogP contribution in [-0.4, -0.2) is 0 Å². The predicted octanol–water partition coefficient (Wildman–Crippen LogP) is 4.98. The highest BCUT2D eigenvalue weighted by atomic mass is 19.1. The Morgan fingerprint density at radius 2 is 1.80 bits per heavy atom. The van der Waals surface area contributed by atoms with Crippen LogP contribution in [0, 0.1) is 24.4 Å². The molecule has 1 unspecified atom stereocenters. The van der Waals surface area contributed by atoms with Gasteiger partial charge in [-0.05, 0) is 42.7 Å². The van der Waals surface area contributed by atoms with Crippen molar-refractivity contribution in [3.05, 3.63) is 65.0 Å². The zero-order chi connectivity index (χ0) is 14.7. The molecule has 2 aromatic carbocycles. The number of halogens is 3. The maximum Gasteiger partial charge on any atom is 0.146 e. The van der Waals surface area contributed by atoms with Gasteiger partial charge in [-0.3, -0.25) is 0 Å². The zero-order valence-corrected chi connectivity index (χ0v) is 11.4. The summed E-state index contributed by atoms with van der Waals surface area (Å²) in [6.45, 7) is 3.40. The maximum absolute atomic E-state index is 13.8. The van der Waals surface area contributed by atoms with Crippen LogP contribution in [0.4, 0.5) is 18.9 Å². The van der Waals surface area contributed by atoms with Crippen LogP contribution in [0.2, 0.25) is 0 Å². The molecule has 0 saturated heterocycles. The van der Waals surface area contributed by atoms with E-state index in [2.05, 4.69) is 5.32 Å². The van der Waals surface area contributed by atoms with E-state index < -0.39 is 11.6 Å². The van der Waals surface area contributed by atoms with Crippen molar-refractivity contribution in [3.63, 3.8) is 0 Å². The van der Waals surface area contributed by atoms with Gasteiger partial charge in [-0.25, -0.2) is 13.2 Å². The minimum absolute atomic E-state index is 0.0872. The first-order valence-electron chi connectivity index (χ1n) is 6.49. The van der Waals surface area contributed by atoms with Gasteiger partial charge in [0.05, 0.1) is 11.7 Å². The summed E-state index contributed by atoms with van der Waals surface area (Å²) in [5, 5.41) is 2.93. The fraction of sp³-hybridized carbons (Fsp3) is 0.250. The van der Waals surface area contributed by atoms with Gasteiger partial charge in [0.1, 0.15) is 17.5 Å². The number of anilines is 1. The summed E-state index contributed by atoms with van der Waals surface area (Å²) >= 11 is 0. The molecule has 0 aromatic heterocycles. The monoisotopic (exact) mass is 279 g/mol. The van der Waals surface area contributed by atoms with Crippen LogP contribution >= 0.6 is 0 Å². The van der Waals surface area contributed by atoms with Crippen LogP contribution in [0.5, 0.6) is 0 Å². The van der Waals surface area contributed by atoms with E-state index in [1.165, 1.54) is 19.1 Å². The van der Waals surface area contributed by atoms with Crippen LogP contribution in [-0.2, 0) is 0 Å². The standard InChI is InChI=1S/C16H16F3N/c1-3-15(11-5-4-6-12(17)8-11)20-16-9-13(18)10(2)7-14(16)19/h4-9,15,20H,3H2,1-2H3. The molecule has 2 aromatic rings. The van der Waals surface area contributed by atoms with E-state index >= 15 is 0 Å². The number of nitrogens with one attached hydrogen (secondary N) is 1. The first-order chi connectivity index (χ1) is 9.51. The normalized spacial score (nSPS) is 12.2. The van der Waals surface area contributed by atoms with E-state index in [-0.39, 0.29) is 23.1 Å². The van der Waals surface area contributed by atoms with E-state index in [1.807, 2.05) is 6.92 Å². The number of benzene rings is 2. The van der Waals surface area contributed by atoms with E-state index in [1.54, 1.807) is 12.1 Å². The third kappa shape index (κ3) is 3.13. The molecule has 0 aliphatic carbocycles. The Labute approximate surface area is 116 Å². The molecular formula is C16H16F3N. The van der Waals surface area contributed by atoms with Crippen molar-refractivity contribution in [2.75, 3.05) is 5.32 Å². The summed E-state index contributed by atoms with van der Waals surface area (Å²) in [7, 11) is 0. The minimum Gasteiger partial charge on any atom is -0.376 e. The van der Waals surface area contributed by atoms with Gasteiger partial charge in [-0.1, -0.05) is 19.1 Å². The average Bonchev–Trinajstić information content (AvgIpc) is 2.41. The molecule has 0 aliphatic heterocycles. The van der Waals surface area contributed by atoms with Crippen molar-refractivity contribution < 1.29 is 13.2 Å². The molecule has 0 saturated carbocycles. The van der Waals surface area contributed by atoms with Crippen LogP contribution in [0.3, 0.4) is 0 Å². The van der Waals surface area contributed by atoms with Crippen molar-refractivity contribution in [3.8, 4) is 0 Å².